The maximum absolute atomic E-state index is 6.63. The second kappa shape index (κ2) is 14.0. The molecule has 13 rings (SSSR count). The summed E-state index contributed by atoms with van der Waals surface area (Å²) in [5, 5.41) is 0. The molecule has 0 fully saturated rings. The Morgan fingerprint density at radius 1 is 0.460 bits per heavy atom. The van der Waals surface area contributed by atoms with Crippen molar-refractivity contribution in [2.45, 2.75) is 21.2 Å². The summed E-state index contributed by atoms with van der Waals surface area (Å²) < 4.78 is 12.9. The minimum Gasteiger partial charge on any atom is -0.457 e. The van der Waals surface area contributed by atoms with Gasteiger partial charge in [0.1, 0.15) is 28.8 Å². The minimum absolute atomic E-state index is 0.0417. The summed E-state index contributed by atoms with van der Waals surface area (Å²) in [5.74, 6) is 4.53. The molecule has 0 amide bonds. The fourth-order valence-electron chi connectivity index (χ4n) is 10.6. The van der Waals surface area contributed by atoms with Crippen molar-refractivity contribution in [2.75, 3.05) is 7.05 Å². The third-order valence-corrected chi connectivity index (χ3v) is 14.4. The van der Waals surface area contributed by atoms with Crippen molar-refractivity contribution in [3.63, 3.8) is 0 Å². The molecular weight excluding hydrogens is 789 g/mol. The molecule has 0 saturated carbocycles. The molecule has 3 heterocycles. The first-order valence-electron chi connectivity index (χ1n) is 21.4. The number of ether oxygens (including phenoxy) is 2. The van der Waals surface area contributed by atoms with Crippen LogP contribution in [0.3, 0.4) is 0 Å². The Morgan fingerprint density at radius 3 is 1.87 bits per heavy atom. The van der Waals surface area contributed by atoms with Crippen LogP contribution >= 0.6 is 11.8 Å². The molecule has 9 aromatic carbocycles. The molecule has 5 heteroatoms. The van der Waals surface area contributed by atoms with Gasteiger partial charge < -0.3 is 14.4 Å². The Morgan fingerprint density at radius 2 is 1.05 bits per heavy atom. The van der Waals surface area contributed by atoms with Gasteiger partial charge in [0.2, 0.25) is 0 Å². The Labute approximate surface area is 370 Å². The molecule has 4 aliphatic rings. The lowest BCUT2D eigenvalue weighted by Gasteiger charge is -2.40. The first-order chi connectivity index (χ1) is 31.1. The van der Waals surface area contributed by atoms with Gasteiger partial charge in [-0.05, 0) is 98.6 Å². The number of hydrogen-bond donors (Lipinski definition) is 0. The summed E-state index contributed by atoms with van der Waals surface area (Å²) in [6, 6.07) is 74.1. The number of rotatable bonds is 4. The quantitative estimate of drug-likeness (QED) is 0.177. The van der Waals surface area contributed by atoms with E-state index in [1.54, 1.807) is 11.8 Å². The fourth-order valence-corrected chi connectivity index (χ4v) is 11.6. The molecule has 1 spiro atoms. The predicted octanol–water partition coefficient (Wildman–Crippen LogP) is 14.9. The summed E-state index contributed by atoms with van der Waals surface area (Å²) in [4.78, 5) is 9.93. The van der Waals surface area contributed by atoms with Crippen molar-refractivity contribution in [3.05, 3.63) is 245 Å². The monoisotopic (exact) mass is 826 g/mol. The van der Waals surface area contributed by atoms with Gasteiger partial charge >= 0.3 is 0 Å². The maximum atomic E-state index is 6.63. The van der Waals surface area contributed by atoms with Crippen LogP contribution in [0.4, 0.5) is 5.69 Å². The van der Waals surface area contributed by atoms with E-state index in [2.05, 4.69) is 206 Å². The average Bonchev–Trinajstić information content (AvgIpc) is 3.64. The zero-order valence-corrected chi connectivity index (χ0v) is 35.1. The number of para-hydroxylation sites is 4. The van der Waals surface area contributed by atoms with E-state index in [9.17, 15) is 0 Å². The fraction of sp³-hybridized carbons (Fsp3) is 0.0517. The molecule has 0 N–H and O–H groups in total. The lowest BCUT2D eigenvalue weighted by atomic mass is 9.64. The number of aliphatic imine (C=N–C) groups is 1. The van der Waals surface area contributed by atoms with Crippen LogP contribution in [0.1, 0.15) is 45.0 Å². The van der Waals surface area contributed by atoms with Crippen molar-refractivity contribution >= 4 is 23.3 Å². The van der Waals surface area contributed by atoms with E-state index in [0.717, 1.165) is 72.1 Å². The third-order valence-electron chi connectivity index (χ3n) is 13.3. The van der Waals surface area contributed by atoms with Crippen molar-refractivity contribution in [2.24, 2.45) is 4.99 Å². The number of fused-ring (bicyclic) bond motifs is 12. The molecule has 0 bridgehead atoms. The molecule has 9 aromatic rings. The van der Waals surface area contributed by atoms with Crippen molar-refractivity contribution in [1.82, 2.24) is 4.90 Å². The summed E-state index contributed by atoms with van der Waals surface area (Å²) in [6.07, 6.45) is 0. The van der Waals surface area contributed by atoms with Crippen LogP contribution in [-0.4, -0.2) is 17.8 Å². The summed E-state index contributed by atoms with van der Waals surface area (Å²) in [6.45, 7) is 0. The molecule has 298 valence electrons. The number of amidine groups is 1. The van der Waals surface area contributed by atoms with Gasteiger partial charge in [-0.3, -0.25) is 0 Å². The Kier molecular flexibility index (Phi) is 8.00. The first kappa shape index (κ1) is 36.1. The van der Waals surface area contributed by atoms with Crippen molar-refractivity contribution in [3.8, 4) is 56.4 Å². The number of benzene rings is 9. The minimum atomic E-state index is -0.553. The lowest BCUT2D eigenvalue weighted by Crippen LogP contribution is -2.35. The highest BCUT2D eigenvalue weighted by Crippen LogP contribution is 2.63. The van der Waals surface area contributed by atoms with Gasteiger partial charge in [0.25, 0.3) is 0 Å². The second-order valence-corrected chi connectivity index (χ2v) is 17.7. The topological polar surface area (TPSA) is 34.1 Å². The molecule has 0 radical (unpaired) electrons. The van der Waals surface area contributed by atoms with Gasteiger partial charge in [0.05, 0.1) is 26.9 Å². The standard InChI is InChI=1S/C58H38N2O2S/c1-60-56(40-15-12-14-38(34-40)39-32-33-52-54(35-39)63-53-27-11-10-26-51(53)62-52)44-17-3-7-23-48(44)59-57(60)37-30-28-36(29-31-37)41-18-13-19-43-42-16-2-4-20-45(42)58(55(41)43)46-21-5-8-24-49(46)61-50-25-9-6-22-47(50)58/h2-35,56H,1H3. The van der Waals surface area contributed by atoms with Crippen LogP contribution in [0.5, 0.6) is 23.0 Å². The van der Waals surface area contributed by atoms with E-state index in [4.69, 9.17) is 14.5 Å². The van der Waals surface area contributed by atoms with Crippen LogP contribution in [0.15, 0.2) is 221 Å². The van der Waals surface area contributed by atoms with Crippen LogP contribution in [0.2, 0.25) is 0 Å². The van der Waals surface area contributed by atoms with Crippen LogP contribution in [0, 0.1) is 0 Å². The van der Waals surface area contributed by atoms with Gasteiger partial charge in [0, 0.05) is 29.3 Å². The predicted molar refractivity (Wildman–Crippen MR) is 254 cm³/mol. The van der Waals surface area contributed by atoms with E-state index in [-0.39, 0.29) is 6.04 Å². The van der Waals surface area contributed by atoms with E-state index < -0.39 is 5.41 Å². The maximum Gasteiger partial charge on any atom is 0.141 e. The summed E-state index contributed by atoms with van der Waals surface area (Å²) >= 11 is 1.76. The normalized spacial score (nSPS) is 15.6. The molecule has 1 unspecified atom stereocenters. The van der Waals surface area contributed by atoms with Gasteiger partial charge in [-0.2, -0.15) is 0 Å². The average molecular weight is 827 g/mol. The Balaban J connectivity index is 0.889. The van der Waals surface area contributed by atoms with Gasteiger partial charge in [0.15, 0.2) is 0 Å². The molecule has 4 nitrogen and oxygen atoms in total. The molecular formula is C58H38N2O2S. The van der Waals surface area contributed by atoms with Gasteiger partial charge in [-0.1, -0.05) is 169 Å². The van der Waals surface area contributed by atoms with Crippen LogP contribution < -0.4 is 9.47 Å². The number of nitrogens with zero attached hydrogens (tertiary/aromatic N) is 2. The van der Waals surface area contributed by atoms with E-state index in [0.29, 0.717) is 0 Å². The van der Waals surface area contributed by atoms with Crippen molar-refractivity contribution < 1.29 is 9.47 Å². The molecule has 3 aliphatic heterocycles. The highest BCUT2D eigenvalue weighted by molar-refractivity contribution is 7.99. The zero-order chi connectivity index (χ0) is 41.6. The molecule has 0 aromatic heterocycles. The van der Waals surface area contributed by atoms with E-state index in [1.807, 2.05) is 12.1 Å². The SMILES string of the molecule is CN1C(c2ccc(-c3cccc4c3C3(c5ccccc5Oc5ccccc53)c3ccccc3-4)cc2)=Nc2ccccc2C1c1cccc(-c2ccc3c(c2)Sc2ccccc2O3)c1. The Bertz CT molecular complexity index is 3330. The molecule has 63 heavy (non-hydrogen) atoms. The zero-order valence-electron chi connectivity index (χ0n) is 34.3. The van der Waals surface area contributed by atoms with E-state index >= 15 is 0 Å². The second-order valence-electron chi connectivity index (χ2n) is 16.6. The third kappa shape index (κ3) is 5.39. The molecule has 1 atom stereocenters. The highest BCUT2D eigenvalue weighted by atomic mass is 32.2. The van der Waals surface area contributed by atoms with Crippen LogP contribution in [0.25, 0.3) is 33.4 Å². The smallest absolute Gasteiger partial charge is 0.141 e. The summed E-state index contributed by atoms with van der Waals surface area (Å²) in [5.41, 5.74) is 16.0. The lowest BCUT2D eigenvalue weighted by molar-refractivity contribution is 0.422. The van der Waals surface area contributed by atoms with Crippen molar-refractivity contribution in [1.29, 1.82) is 0 Å². The molecule has 0 saturated heterocycles. The first-order valence-corrected chi connectivity index (χ1v) is 22.3. The highest BCUT2D eigenvalue weighted by Gasteiger charge is 2.52. The van der Waals surface area contributed by atoms with Crippen LogP contribution in [-0.2, 0) is 5.41 Å². The summed E-state index contributed by atoms with van der Waals surface area (Å²) in [7, 11) is 2.18. The molecule has 1 aliphatic carbocycles. The largest absolute Gasteiger partial charge is 0.457 e. The number of hydrogen-bond acceptors (Lipinski definition) is 5. The van der Waals surface area contributed by atoms with Gasteiger partial charge in [-0.15, -0.1) is 0 Å². The van der Waals surface area contributed by atoms with E-state index in [1.165, 1.54) is 44.5 Å². The van der Waals surface area contributed by atoms with Gasteiger partial charge in [-0.25, -0.2) is 4.99 Å². The Hall–Kier alpha value is -7.60.